The van der Waals surface area contributed by atoms with Crippen LogP contribution in [0, 0.1) is 0 Å². The molecule has 0 aliphatic carbocycles. The van der Waals surface area contributed by atoms with Crippen molar-refractivity contribution in [3.05, 3.63) is 30.1 Å². The quantitative estimate of drug-likeness (QED) is 0.576. The first-order chi connectivity index (χ1) is 13.9. The van der Waals surface area contributed by atoms with Gasteiger partial charge in [-0.1, -0.05) is 17.8 Å². The summed E-state index contributed by atoms with van der Waals surface area (Å²) in [7, 11) is 1.64. The SMILES string of the molecule is CC(=O)O.COc1cccc(-n2c(SCCC(=O)O)nnc2C2CCNCC2)c1. The Balaban J connectivity index is 0.000000687. The number of carbonyl (C=O) groups is 2. The van der Waals surface area contributed by atoms with E-state index in [4.69, 9.17) is 19.7 Å². The van der Waals surface area contributed by atoms with Crippen molar-refractivity contribution in [1.29, 1.82) is 0 Å². The molecule has 0 atom stereocenters. The van der Waals surface area contributed by atoms with Crippen LogP contribution in [0.15, 0.2) is 29.4 Å². The van der Waals surface area contributed by atoms with Gasteiger partial charge in [-0.3, -0.25) is 14.2 Å². The largest absolute Gasteiger partial charge is 0.497 e. The molecule has 0 bridgehead atoms. The molecular formula is C19H26N4O5S. The first kappa shape index (κ1) is 22.7. The first-order valence-corrected chi connectivity index (χ1v) is 10.3. The molecule has 1 saturated heterocycles. The van der Waals surface area contributed by atoms with E-state index in [1.807, 2.05) is 28.8 Å². The van der Waals surface area contributed by atoms with Gasteiger partial charge in [-0.05, 0) is 38.1 Å². The highest BCUT2D eigenvalue weighted by atomic mass is 32.2. The van der Waals surface area contributed by atoms with Gasteiger partial charge in [0.15, 0.2) is 5.16 Å². The number of carboxylic acids is 2. The van der Waals surface area contributed by atoms with Crippen molar-refractivity contribution in [1.82, 2.24) is 20.1 Å². The monoisotopic (exact) mass is 422 g/mol. The maximum absolute atomic E-state index is 10.8. The summed E-state index contributed by atoms with van der Waals surface area (Å²) in [4.78, 5) is 19.8. The van der Waals surface area contributed by atoms with Crippen LogP contribution in [0.3, 0.4) is 0 Å². The molecule has 3 N–H and O–H groups in total. The Hall–Kier alpha value is -2.59. The van der Waals surface area contributed by atoms with Gasteiger partial charge in [-0.15, -0.1) is 10.2 Å². The lowest BCUT2D eigenvalue weighted by molar-refractivity contribution is -0.136. The molecule has 2 heterocycles. The molecule has 0 spiro atoms. The zero-order chi connectivity index (χ0) is 21.2. The van der Waals surface area contributed by atoms with E-state index >= 15 is 0 Å². The van der Waals surface area contributed by atoms with E-state index in [9.17, 15) is 4.79 Å². The smallest absolute Gasteiger partial charge is 0.304 e. The van der Waals surface area contributed by atoms with Gasteiger partial charge in [-0.2, -0.15) is 0 Å². The van der Waals surface area contributed by atoms with E-state index in [-0.39, 0.29) is 6.42 Å². The highest BCUT2D eigenvalue weighted by Gasteiger charge is 2.24. The summed E-state index contributed by atoms with van der Waals surface area (Å²) >= 11 is 1.42. The van der Waals surface area contributed by atoms with Gasteiger partial charge in [0, 0.05) is 24.7 Å². The molecule has 158 valence electrons. The van der Waals surface area contributed by atoms with Crippen molar-refractivity contribution < 1.29 is 24.5 Å². The fourth-order valence-corrected chi connectivity index (χ4v) is 3.83. The zero-order valence-electron chi connectivity index (χ0n) is 16.5. The fourth-order valence-electron chi connectivity index (χ4n) is 2.94. The van der Waals surface area contributed by atoms with Gasteiger partial charge in [0.2, 0.25) is 0 Å². The minimum absolute atomic E-state index is 0.0956. The van der Waals surface area contributed by atoms with Crippen LogP contribution >= 0.6 is 11.8 Å². The van der Waals surface area contributed by atoms with Crippen LogP contribution in [0.2, 0.25) is 0 Å². The number of nitrogens with zero attached hydrogens (tertiary/aromatic N) is 3. The Morgan fingerprint density at radius 2 is 1.97 bits per heavy atom. The summed E-state index contributed by atoms with van der Waals surface area (Å²) in [6, 6.07) is 7.79. The molecule has 0 saturated carbocycles. The number of piperidine rings is 1. The van der Waals surface area contributed by atoms with E-state index in [1.54, 1.807) is 7.11 Å². The van der Waals surface area contributed by atoms with Gasteiger partial charge < -0.3 is 20.3 Å². The topological polar surface area (TPSA) is 127 Å². The highest BCUT2D eigenvalue weighted by molar-refractivity contribution is 7.99. The number of nitrogens with one attached hydrogen (secondary N) is 1. The number of aliphatic carboxylic acids is 2. The molecule has 1 fully saturated rings. The third kappa shape index (κ3) is 7.06. The highest BCUT2D eigenvalue weighted by Crippen LogP contribution is 2.31. The molecule has 1 aliphatic rings. The molecule has 1 aliphatic heterocycles. The van der Waals surface area contributed by atoms with E-state index in [0.29, 0.717) is 11.7 Å². The Bertz CT molecular complexity index is 817. The van der Waals surface area contributed by atoms with Gasteiger partial charge in [0.25, 0.3) is 5.97 Å². The van der Waals surface area contributed by atoms with E-state index < -0.39 is 11.9 Å². The number of methoxy groups -OCH3 is 1. The van der Waals surface area contributed by atoms with Crippen molar-refractivity contribution in [2.45, 2.75) is 37.3 Å². The van der Waals surface area contributed by atoms with Crippen LogP contribution in [0.1, 0.15) is 37.9 Å². The lowest BCUT2D eigenvalue weighted by Crippen LogP contribution is -2.28. The van der Waals surface area contributed by atoms with Crippen LogP contribution in [-0.4, -0.2) is 62.9 Å². The third-order valence-electron chi connectivity index (χ3n) is 4.22. The van der Waals surface area contributed by atoms with Crippen LogP contribution in [-0.2, 0) is 9.59 Å². The number of thioether (sulfide) groups is 1. The van der Waals surface area contributed by atoms with Crippen molar-refractivity contribution in [3.8, 4) is 11.4 Å². The Morgan fingerprint density at radius 3 is 2.59 bits per heavy atom. The van der Waals surface area contributed by atoms with Crippen molar-refractivity contribution in [2.75, 3.05) is 26.0 Å². The van der Waals surface area contributed by atoms with Gasteiger partial charge in [0.05, 0.1) is 19.2 Å². The second-order valence-electron chi connectivity index (χ2n) is 6.41. The Morgan fingerprint density at radius 1 is 1.28 bits per heavy atom. The Labute approximate surface area is 173 Å². The third-order valence-corrected chi connectivity index (χ3v) is 5.15. The number of ether oxygens (including phenoxy) is 1. The molecule has 2 aromatic rings. The summed E-state index contributed by atoms with van der Waals surface area (Å²) in [5, 5.41) is 29.2. The number of aromatic nitrogens is 3. The lowest BCUT2D eigenvalue weighted by Gasteiger charge is -2.23. The maximum atomic E-state index is 10.8. The average molecular weight is 423 g/mol. The number of hydrogen-bond acceptors (Lipinski definition) is 7. The summed E-state index contributed by atoms with van der Waals surface area (Å²) in [5.41, 5.74) is 0.940. The number of carboxylic acid groups (broad SMARTS) is 2. The maximum Gasteiger partial charge on any atom is 0.304 e. The van der Waals surface area contributed by atoms with Crippen LogP contribution in [0.5, 0.6) is 5.75 Å². The number of benzene rings is 1. The fraction of sp³-hybridized carbons (Fsp3) is 0.474. The summed E-state index contributed by atoms with van der Waals surface area (Å²) < 4.78 is 7.39. The van der Waals surface area contributed by atoms with Crippen LogP contribution < -0.4 is 10.1 Å². The molecule has 1 aromatic heterocycles. The number of hydrogen-bond donors (Lipinski definition) is 3. The predicted octanol–water partition coefficient (Wildman–Crippen LogP) is 2.40. The second kappa shape index (κ2) is 11.4. The summed E-state index contributed by atoms with van der Waals surface area (Å²) in [5.74, 6) is 0.868. The molecule has 29 heavy (non-hydrogen) atoms. The van der Waals surface area contributed by atoms with Crippen LogP contribution in [0.4, 0.5) is 0 Å². The van der Waals surface area contributed by atoms with Gasteiger partial charge >= 0.3 is 5.97 Å². The van der Waals surface area contributed by atoms with Crippen molar-refractivity contribution in [2.24, 2.45) is 0 Å². The zero-order valence-corrected chi connectivity index (χ0v) is 17.3. The van der Waals surface area contributed by atoms with Gasteiger partial charge in [0.1, 0.15) is 11.6 Å². The summed E-state index contributed by atoms with van der Waals surface area (Å²) in [6.07, 6.45) is 2.13. The number of rotatable bonds is 7. The van der Waals surface area contributed by atoms with E-state index in [1.165, 1.54) is 11.8 Å². The molecule has 3 rings (SSSR count). The predicted molar refractivity (Wildman–Crippen MR) is 109 cm³/mol. The minimum Gasteiger partial charge on any atom is -0.497 e. The van der Waals surface area contributed by atoms with Crippen molar-refractivity contribution in [3.63, 3.8) is 0 Å². The van der Waals surface area contributed by atoms with E-state index in [0.717, 1.165) is 55.3 Å². The average Bonchev–Trinajstić information content (AvgIpc) is 3.12. The standard InChI is InChI=1S/C17H22N4O3S.C2H4O2/c1-24-14-4-2-3-13(11-14)21-16(12-5-8-18-9-6-12)19-20-17(21)25-10-7-15(22)23;1-2(3)4/h2-4,11-12,18H,5-10H2,1H3,(H,22,23);1H3,(H,3,4). The van der Waals surface area contributed by atoms with Gasteiger partial charge in [-0.25, -0.2) is 0 Å². The summed E-state index contributed by atoms with van der Waals surface area (Å²) in [6.45, 7) is 3.02. The van der Waals surface area contributed by atoms with Crippen LogP contribution in [0.25, 0.3) is 5.69 Å². The molecule has 0 amide bonds. The molecule has 10 heteroatoms. The molecule has 1 aromatic carbocycles. The second-order valence-corrected chi connectivity index (χ2v) is 7.48. The molecular weight excluding hydrogens is 396 g/mol. The Kier molecular flexibility index (Phi) is 8.94. The first-order valence-electron chi connectivity index (χ1n) is 9.27. The lowest BCUT2D eigenvalue weighted by atomic mass is 9.97. The molecule has 9 nitrogen and oxygen atoms in total. The van der Waals surface area contributed by atoms with Crippen molar-refractivity contribution >= 4 is 23.7 Å². The molecule has 0 radical (unpaired) electrons. The van der Waals surface area contributed by atoms with E-state index in [2.05, 4.69) is 15.5 Å². The molecule has 0 unspecified atom stereocenters. The minimum atomic E-state index is -0.833. The normalized spacial score (nSPS) is 14.0.